The number of nitrogens with two attached hydrogens (primary N) is 1. The third kappa shape index (κ3) is 4.61. The zero-order valence-corrected chi connectivity index (χ0v) is 12.3. The smallest absolute Gasteiger partial charge is 0.232 e. The van der Waals surface area contributed by atoms with Gasteiger partial charge in [-0.05, 0) is 30.8 Å². The zero-order chi connectivity index (χ0) is 15.9. The van der Waals surface area contributed by atoms with Gasteiger partial charge in [-0.1, -0.05) is 6.92 Å². The topological polar surface area (TPSA) is 100 Å². The van der Waals surface area contributed by atoms with Crippen LogP contribution < -0.4 is 11.1 Å². The Morgan fingerprint density at radius 1 is 1.23 bits per heavy atom. The van der Waals surface area contributed by atoms with Crippen molar-refractivity contribution in [3.63, 3.8) is 0 Å². The van der Waals surface area contributed by atoms with Crippen LogP contribution in [0.1, 0.15) is 12.7 Å². The van der Waals surface area contributed by atoms with Crippen LogP contribution in [0.15, 0.2) is 24.3 Å². The van der Waals surface area contributed by atoms with E-state index in [0.29, 0.717) is 30.5 Å². The fourth-order valence-corrected chi connectivity index (χ4v) is 1.92. The fourth-order valence-electron chi connectivity index (χ4n) is 1.92. The molecular weight excluding hydrogens is 287 g/mol. The Bertz CT molecular complexity index is 607. The summed E-state index contributed by atoms with van der Waals surface area (Å²) in [6.07, 6.45) is 0. The van der Waals surface area contributed by atoms with Gasteiger partial charge >= 0.3 is 0 Å². The second kappa shape index (κ2) is 7.62. The van der Waals surface area contributed by atoms with Crippen molar-refractivity contribution in [2.45, 2.75) is 13.5 Å². The predicted molar refractivity (Wildman–Crippen MR) is 82.0 cm³/mol. The van der Waals surface area contributed by atoms with E-state index in [-0.39, 0.29) is 18.4 Å². The summed E-state index contributed by atoms with van der Waals surface area (Å²) >= 11 is 0. The van der Waals surface area contributed by atoms with Crippen molar-refractivity contribution < 1.29 is 9.50 Å². The number of aliphatic hydroxyl groups excluding tert-OH is 1. The zero-order valence-electron chi connectivity index (χ0n) is 12.3. The fraction of sp³-hybridized carbons (Fsp3) is 0.357. The van der Waals surface area contributed by atoms with Gasteiger partial charge in [0.25, 0.3) is 0 Å². The van der Waals surface area contributed by atoms with E-state index in [9.17, 15) is 4.39 Å². The molecule has 0 saturated heterocycles. The summed E-state index contributed by atoms with van der Waals surface area (Å²) < 4.78 is 12.9. The second-order valence-corrected chi connectivity index (χ2v) is 4.66. The molecule has 1 aromatic heterocycles. The third-order valence-corrected chi connectivity index (χ3v) is 3.03. The van der Waals surface area contributed by atoms with Crippen molar-refractivity contribution in [1.82, 2.24) is 19.9 Å². The molecule has 1 heterocycles. The van der Waals surface area contributed by atoms with Crippen molar-refractivity contribution in [3.8, 4) is 0 Å². The number of aliphatic hydroxyl groups is 1. The van der Waals surface area contributed by atoms with Gasteiger partial charge in [-0.2, -0.15) is 15.0 Å². The number of hydrogen-bond acceptors (Lipinski definition) is 7. The Labute approximate surface area is 128 Å². The minimum atomic E-state index is -0.316. The average Bonchev–Trinajstić information content (AvgIpc) is 2.48. The monoisotopic (exact) mass is 306 g/mol. The number of nitrogens with one attached hydrogen (secondary N) is 1. The van der Waals surface area contributed by atoms with Crippen LogP contribution in [0.3, 0.4) is 0 Å². The third-order valence-electron chi connectivity index (χ3n) is 3.03. The summed E-state index contributed by atoms with van der Waals surface area (Å²) in [5, 5.41) is 12.0. The van der Waals surface area contributed by atoms with Gasteiger partial charge in [0.05, 0.1) is 13.2 Å². The maximum absolute atomic E-state index is 12.9. The summed E-state index contributed by atoms with van der Waals surface area (Å²) in [6.45, 7) is 3.80. The Morgan fingerprint density at radius 2 is 1.95 bits per heavy atom. The summed E-state index contributed by atoms with van der Waals surface area (Å²) in [6, 6.07) is 5.85. The van der Waals surface area contributed by atoms with Gasteiger partial charge in [-0.15, -0.1) is 0 Å². The molecule has 0 aliphatic rings. The van der Waals surface area contributed by atoms with Gasteiger partial charge in [0.1, 0.15) is 11.6 Å². The molecule has 0 aliphatic carbocycles. The Morgan fingerprint density at radius 3 is 2.59 bits per heavy atom. The van der Waals surface area contributed by atoms with Gasteiger partial charge in [-0.25, -0.2) is 4.39 Å². The minimum Gasteiger partial charge on any atom is -0.395 e. The van der Waals surface area contributed by atoms with Crippen molar-refractivity contribution in [3.05, 3.63) is 35.9 Å². The first-order valence-corrected chi connectivity index (χ1v) is 6.97. The number of hydrogen-bond donors (Lipinski definition) is 3. The van der Waals surface area contributed by atoms with Gasteiger partial charge in [0.15, 0.2) is 0 Å². The van der Waals surface area contributed by atoms with Crippen LogP contribution in [0, 0.1) is 5.82 Å². The highest BCUT2D eigenvalue weighted by Crippen LogP contribution is 2.14. The molecule has 8 heteroatoms. The lowest BCUT2D eigenvalue weighted by Gasteiger charge is -2.18. The SMILES string of the molecule is CCN(CCO)Cc1nc(N)nc(Nc2ccc(F)cc2)n1. The van der Waals surface area contributed by atoms with Crippen LogP contribution in [0.4, 0.5) is 22.0 Å². The molecule has 0 amide bonds. The molecule has 0 bridgehead atoms. The highest BCUT2D eigenvalue weighted by molar-refractivity contribution is 5.53. The maximum atomic E-state index is 12.9. The van der Waals surface area contributed by atoms with E-state index in [1.54, 1.807) is 12.1 Å². The van der Waals surface area contributed by atoms with Crippen molar-refractivity contribution in [1.29, 1.82) is 0 Å². The summed E-state index contributed by atoms with van der Waals surface area (Å²) in [5.41, 5.74) is 6.35. The molecule has 0 spiro atoms. The Balaban J connectivity index is 2.13. The number of likely N-dealkylation sites (N-methyl/N-ethyl adjacent to an activating group) is 1. The highest BCUT2D eigenvalue weighted by Gasteiger charge is 2.09. The standard InChI is InChI=1S/C14H19FN6O/c1-2-21(7-8-22)9-12-18-13(16)20-14(19-12)17-11-5-3-10(15)4-6-11/h3-6,22H,2,7-9H2,1H3,(H3,16,17,18,19,20). The average molecular weight is 306 g/mol. The highest BCUT2D eigenvalue weighted by atomic mass is 19.1. The predicted octanol–water partition coefficient (Wildman–Crippen LogP) is 1.15. The van der Waals surface area contributed by atoms with Gasteiger partial charge in [0.2, 0.25) is 11.9 Å². The minimum absolute atomic E-state index is 0.0646. The first kappa shape index (κ1) is 16.1. The molecule has 7 nitrogen and oxygen atoms in total. The number of nitrogens with zero attached hydrogens (tertiary/aromatic N) is 4. The number of aromatic nitrogens is 3. The Hall–Kier alpha value is -2.32. The molecule has 2 rings (SSSR count). The molecule has 22 heavy (non-hydrogen) atoms. The van der Waals surface area contributed by atoms with E-state index in [1.807, 2.05) is 11.8 Å². The first-order chi connectivity index (χ1) is 10.6. The number of anilines is 3. The summed E-state index contributed by atoms with van der Waals surface area (Å²) in [7, 11) is 0. The Kier molecular flexibility index (Phi) is 5.56. The summed E-state index contributed by atoms with van der Waals surface area (Å²) in [5.74, 6) is 0.597. The number of nitrogen functional groups attached to an aromatic ring is 1. The van der Waals surface area contributed by atoms with Crippen LogP contribution in [0.2, 0.25) is 0 Å². The lowest BCUT2D eigenvalue weighted by atomic mass is 10.3. The molecule has 0 aliphatic heterocycles. The van der Waals surface area contributed by atoms with E-state index in [1.165, 1.54) is 12.1 Å². The van der Waals surface area contributed by atoms with Gasteiger partial charge < -0.3 is 16.2 Å². The quantitative estimate of drug-likeness (QED) is 0.705. The lowest BCUT2D eigenvalue weighted by molar-refractivity contribution is 0.194. The van der Waals surface area contributed by atoms with Crippen LogP contribution in [0.5, 0.6) is 0 Å². The second-order valence-electron chi connectivity index (χ2n) is 4.66. The molecule has 2 aromatic rings. The first-order valence-electron chi connectivity index (χ1n) is 6.97. The normalized spacial score (nSPS) is 10.9. The number of benzene rings is 1. The summed E-state index contributed by atoms with van der Waals surface area (Å²) in [4.78, 5) is 14.4. The molecule has 0 fully saturated rings. The van der Waals surface area contributed by atoms with Crippen LogP contribution in [0.25, 0.3) is 0 Å². The molecule has 0 saturated carbocycles. The van der Waals surface area contributed by atoms with E-state index in [4.69, 9.17) is 10.8 Å². The van der Waals surface area contributed by atoms with Crippen LogP contribution in [-0.2, 0) is 6.54 Å². The van der Waals surface area contributed by atoms with E-state index < -0.39 is 0 Å². The van der Waals surface area contributed by atoms with Gasteiger partial charge in [-0.3, -0.25) is 4.90 Å². The maximum Gasteiger partial charge on any atom is 0.232 e. The van der Waals surface area contributed by atoms with E-state index in [0.717, 1.165) is 6.54 Å². The molecule has 0 atom stereocenters. The van der Waals surface area contributed by atoms with E-state index >= 15 is 0 Å². The largest absolute Gasteiger partial charge is 0.395 e. The van der Waals surface area contributed by atoms with Crippen LogP contribution >= 0.6 is 0 Å². The number of rotatable bonds is 7. The van der Waals surface area contributed by atoms with Crippen molar-refractivity contribution in [2.75, 3.05) is 30.7 Å². The lowest BCUT2D eigenvalue weighted by Crippen LogP contribution is -2.27. The van der Waals surface area contributed by atoms with Crippen molar-refractivity contribution >= 4 is 17.6 Å². The van der Waals surface area contributed by atoms with Crippen LogP contribution in [-0.4, -0.2) is 44.7 Å². The molecule has 0 unspecified atom stereocenters. The van der Waals surface area contributed by atoms with E-state index in [2.05, 4.69) is 20.3 Å². The van der Waals surface area contributed by atoms with Gasteiger partial charge in [0, 0.05) is 12.2 Å². The number of halogens is 1. The molecule has 1 aromatic carbocycles. The molecule has 0 radical (unpaired) electrons. The molecule has 4 N–H and O–H groups in total. The molecule has 118 valence electrons. The molecular formula is C14H19FN6O. The van der Waals surface area contributed by atoms with Crippen molar-refractivity contribution in [2.24, 2.45) is 0 Å².